The maximum absolute atomic E-state index is 12.2. The van der Waals surface area contributed by atoms with E-state index in [0.29, 0.717) is 16.8 Å². The third kappa shape index (κ3) is 4.02. The van der Waals surface area contributed by atoms with E-state index in [4.69, 9.17) is 0 Å². The molecule has 0 aromatic carbocycles. The number of hydrogen-bond acceptors (Lipinski definition) is 5. The number of nitrogens with one attached hydrogen (secondary N) is 2. The molecule has 1 saturated heterocycles. The van der Waals surface area contributed by atoms with Crippen molar-refractivity contribution in [2.75, 3.05) is 33.7 Å². The Hall–Kier alpha value is -0.470. The van der Waals surface area contributed by atoms with Crippen LogP contribution in [0.5, 0.6) is 0 Å². The summed E-state index contributed by atoms with van der Waals surface area (Å²) in [5.74, 6) is 0. The number of sulfonamides is 1. The largest absolute Gasteiger partial charge is 0.319 e. The minimum absolute atomic E-state index is 0.327. The van der Waals surface area contributed by atoms with Gasteiger partial charge in [-0.15, -0.1) is 11.3 Å². The van der Waals surface area contributed by atoms with Gasteiger partial charge < -0.3 is 10.2 Å². The topological polar surface area (TPSA) is 61.4 Å². The van der Waals surface area contributed by atoms with Gasteiger partial charge in [-0.2, -0.15) is 0 Å². The van der Waals surface area contributed by atoms with Crippen molar-refractivity contribution in [2.24, 2.45) is 0 Å². The van der Waals surface area contributed by atoms with Crippen molar-refractivity contribution in [1.82, 2.24) is 14.9 Å². The van der Waals surface area contributed by atoms with Gasteiger partial charge in [0.25, 0.3) is 0 Å². The lowest BCUT2D eigenvalue weighted by molar-refractivity contribution is 0.311. The molecule has 1 aromatic heterocycles. The number of rotatable bonds is 7. The highest BCUT2D eigenvalue weighted by Gasteiger charge is 2.24. The first-order valence-corrected chi connectivity index (χ1v) is 9.26. The van der Waals surface area contributed by atoms with Crippen LogP contribution in [0.25, 0.3) is 0 Å². The van der Waals surface area contributed by atoms with Gasteiger partial charge in [-0.05, 0) is 58.6 Å². The van der Waals surface area contributed by atoms with Crippen LogP contribution in [0, 0.1) is 0 Å². The molecule has 0 spiro atoms. The number of hydrogen-bond donors (Lipinski definition) is 2. The second kappa shape index (κ2) is 7.00. The Morgan fingerprint density at radius 1 is 1.45 bits per heavy atom. The van der Waals surface area contributed by atoms with E-state index in [0.717, 1.165) is 37.2 Å². The van der Waals surface area contributed by atoms with Gasteiger partial charge in [-0.25, -0.2) is 13.1 Å². The maximum Gasteiger partial charge on any atom is 0.250 e. The SMILES string of the molecule is CNCCc1ccc(S(=O)(=O)NCC2CCCN2C)s1. The molecule has 1 aliphatic rings. The van der Waals surface area contributed by atoms with Crippen molar-refractivity contribution in [3.05, 3.63) is 17.0 Å². The smallest absolute Gasteiger partial charge is 0.250 e. The summed E-state index contributed by atoms with van der Waals surface area (Å²) in [5, 5.41) is 3.07. The van der Waals surface area contributed by atoms with E-state index in [9.17, 15) is 8.42 Å². The molecule has 0 radical (unpaired) electrons. The third-order valence-corrected chi connectivity index (χ3v) is 6.76. The Balaban J connectivity index is 1.93. The van der Waals surface area contributed by atoms with Crippen LogP contribution in [0.3, 0.4) is 0 Å². The average Bonchev–Trinajstić information content (AvgIpc) is 3.03. The molecule has 20 heavy (non-hydrogen) atoms. The van der Waals surface area contributed by atoms with Gasteiger partial charge in [0.05, 0.1) is 0 Å². The lowest BCUT2D eigenvalue weighted by Gasteiger charge is -2.19. The zero-order chi connectivity index (χ0) is 14.6. The van der Waals surface area contributed by atoms with Gasteiger partial charge in [0.15, 0.2) is 0 Å². The van der Waals surface area contributed by atoms with Gasteiger partial charge in [0.1, 0.15) is 4.21 Å². The van der Waals surface area contributed by atoms with E-state index in [1.807, 2.05) is 20.2 Å². The van der Waals surface area contributed by atoms with Crippen molar-refractivity contribution >= 4 is 21.4 Å². The molecule has 2 heterocycles. The third-order valence-electron chi connectivity index (χ3n) is 3.70. The summed E-state index contributed by atoms with van der Waals surface area (Å²) in [5.41, 5.74) is 0. The highest BCUT2D eigenvalue weighted by molar-refractivity contribution is 7.91. The molecular formula is C13H23N3O2S2. The lowest BCUT2D eigenvalue weighted by atomic mass is 10.2. The first-order chi connectivity index (χ1) is 9.53. The second-order valence-corrected chi connectivity index (χ2v) is 8.36. The first kappa shape index (κ1) is 15.9. The van der Waals surface area contributed by atoms with Gasteiger partial charge in [0.2, 0.25) is 10.0 Å². The molecule has 2 N–H and O–H groups in total. The van der Waals surface area contributed by atoms with Gasteiger partial charge in [-0.1, -0.05) is 0 Å². The summed E-state index contributed by atoms with van der Waals surface area (Å²) in [7, 11) is 0.588. The number of likely N-dealkylation sites (N-methyl/N-ethyl adjacent to an activating group) is 2. The fraction of sp³-hybridized carbons (Fsp3) is 0.692. The van der Waals surface area contributed by atoms with Crippen LogP contribution in [0.1, 0.15) is 17.7 Å². The molecule has 7 heteroatoms. The first-order valence-electron chi connectivity index (χ1n) is 6.96. The fourth-order valence-electron chi connectivity index (χ4n) is 2.40. The van der Waals surface area contributed by atoms with Crippen molar-refractivity contribution in [2.45, 2.75) is 29.5 Å². The molecule has 0 aliphatic carbocycles. The van der Waals surface area contributed by atoms with Crippen molar-refractivity contribution in [1.29, 1.82) is 0 Å². The Bertz CT molecular complexity index is 527. The van der Waals surface area contributed by atoms with Crippen LogP contribution in [-0.2, 0) is 16.4 Å². The molecule has 0 amide bonds. The van der Waals surface area contributed by atoms with Crippen LogP contribution in [-0.4, -0.2) is 53.1 Å². The number of likely N-dealkylation sites (tertiary alicyclic amines) is 1. The van der Waals surface area contributed by atoms with Crippen LogP contribution in [0.15, 0.2) is 16.3 Å². The Morgan fingerprint density at radius 3 is 2.90 bits per heavy atom. The van der Waals surface area contributed by atoms with E-state index in [-0.39, 0.29) is 0 Å². The molecule has 0 bridgehead atoms. The summed E-state index contributed by atoms with van der Waals surface area (Å²) in [6.45, 7) is 2.42. The Morgan fingerprint density at radius 2 is 2.25 bits per heavy atom. The average molecular weight is 317 g/mol. The predicted octanol–water partition coefficient (Wildman–Crippen LogP) is 0.882. The minimum atomic E-state index is -3.35. The molecular weight excluding hydrogens is 294 g/mol. The maximum atomic E-state index is 12.2. The highest BCUT2D eigenvalue weighted by Crippen LogP contribution is 2.22. The predicted molar refractivity (Wildman–Crippen MR) is 82.8 cm³/mol. The van der Waals surface area contributed by atoms with Gasteiger partial charge >= 0.3 is 0 Å². The van der Waals surface area contributed by atoms with Crippen LogP contribution >= 0.6 is 11.3 Å². The van der Waals surface area contributed by atoms with Gasteiger partial charge in [-0.3, -0.25) is 0 Å². The lowest BCUT2D eigenvalue weighted by Crippen LogP contribution is -2.37. The summed E-state index contributed by atoms with van der Waals surface area (Å²) >= 11 is 1.36. The second-order valence-electron chi connectivity index (χ2n) is 5.20. The fourth-order valence-corrected chi connectivity index (χ4v) is 4.87. The highest BCUT2D eigenvalue weighted by atomic mass is 32.2. The molecule has 1 fully saturated rings. The standard InChI is InChI=1S/C13H23N3O2S2/c1-14-8-7-12-5-6-13(19-12)20(17,18)15-10-11-4-3-9-16(11)2/h5-6,11,14-15H,3-4,7-10H2,1-2H3. The number of nitrogens with zero attached hydrogens (tertiary/aromatic N) is 1. The van der Waals surface area contributed by atoms with Gasteiger partial charge in [0, 0.05) is 17.5 Å². The molecule has 1 atom stereocenters. The summed E-state index contributed by atoms with van der Waals surface area (Å²) in [4.78, 5) is 3.31. The molecule has 5 nitrogen and oxygen atoms in total. The summed E-state index contributed by atoms with van der Waals surface area (Å²) < 4.78 is 27.7. The van der Waals surface area contributed by atoms with E-state index in [2.05, 4.69) is 14.9 Å². The molecule has 2 rings (SSSR count). The molecule has 0 saturated carbocycles. The molecule has 1 aliphatic heterocycles. The summed E-state index contributed by atoms with van der Waals surface area (Å²) in [6, 6.07) is 3.93. The molecule has 114 valence electrons. The van der Waals surface area contributed by atoms with Crippen LogP contribution < -0.4 is 10.0 Å². The van der Waals surface area contributed by atoms with Crippen LogP contribution in [0.2, 0.25) is 0 Å². The molecule has 1 unspecified atom stereocenters. The Labute approximate surface area is 125 Å². The zero-order valence-electron chi connectivity index (χ0n) is 12.1. The van der Waals surface area contributed by atoms with E-state index >= 15 is 0 Å². The Kier molecular flexibility index (Phi) is 5.57. The van der Waals surface area contributed by atoms with Crippen molar-refractivity contribution in [3.8, 4) is 0 Å². The van der Waals surface area contributed by atoms with Crippen LogP contribution in [0.4, 0.5) is 0 Å². The summed E-state index contributed by atoms with van der Waals surface area (Å²) in [6.07, 6.45) is 3.08. The van der Waals surface area contributed by atoms with Crippen molar-refractivity contribution < 1.29 is 8.42 Å². The quantitative estimate of drug-likeness (QED) is 0.784. The van der Waals surface area contributed by atoms with E-state index in [1.165, 1.54) is 11.3 Å². The zero-order valence-corrected chi connectivity index (χ0v) is 13.7. The van der Waals surface area contributed by atoms with E-state index in [1.54, 1.807) is 6.07 Å². The van der Waals surface area contributed by atoms with Crippen molar-refractivity contribution in [3.63, 3.8) is 0 Å². The normalized spacial score (nSPS) is 20.6. The number of thiophene rings is 1. The minimum Gasteiger partial charge on any atom is -0.319 e. The molecule has 1 aromatic rings. The van der Waals surface area contributed by atoms with E-state index < -0.39 is 10.0 Å². The monoisotopic (exact) mass is 317 g/mol.